The van der Waals surface area contributed by atoms with E-state index in [-0.39, 0.29) is 18.0 Å². The number of benzene rings is 2. The molecule has 180 valence electrons. The molecule has 2 unspecified atom stereocenters. The summed E-state index contributed by atoms with van der Waals surface area (Å²) in [6.07, 6.45) is 4.09. The van der Waals surface area contributed by atoms with Crippen molar-refractivity contribution in [1.82, 2.24) is 4.90 Å². The number of primary amides is 1. The van der Waals surface area contributed by atoms with Gasteiger partial charge in [0.25, 0.3) is 0 Å². The van der Waals surface area contributed by atoms with E-state index in [0.29, 0.717) is 24.5 Å². The number of fused-ring (bicyclic) bond motifs is 1. The first kappa shape index (κ1) is 24.7. The van der Waals surface area contributed by atoms with E-state index in [0.717, 1.165) is 53.9 Å². The molecular weight excluding hydrogens is 420 g/mol. The van der Waals surface area contributed by atoms with Crippen LogP contribution in [-0.2, 0) is 17.6 Å². The van der Waals surface area contributed by atoms with Crippen LogP contribution in [0.3, 0.4) is 0 Å². The number of carbonyl (C=O) groups is 1. The molecule has 1 amide bonds. The summed E-state index contributed by atoms with van der Waals surface area (Å²) in [7, 11) is 6.62. The first-order valence-corrected chi connectivity index (χ1v) is 11.5. The van der Waals surface area contributed by atoms with Crippen LogP contribution in [-0.4, -0.2) is 51.8 Å². The summed E-state index contributed by atoms with van der Waals surface area (Å²) in [6.45, 7) is 2.84. The highest BCUT2D eigenvalue weighted by molar-refractivity contribution is 5.80. The molecule has 1 aliphatic heterocycles. The average Bonchev–Trinajstić information content (AvgIpc) is 2.83. The number of hydrogen-bond acceptors (Lipinski definition) is 6. The van der Waals surface area contributed by atoms with Crippen molar-refractivity contribution in [2.24, 2.45) is 5.73 Å². The second kappa shape index (κ2) is 11.3. The molecule has 1 aliphatic rings. The Labute approximate surface area is 196 Å². The minimum Gasteiger partial charge on any atom is -0.496 e. The van der Waals surface area contributed by atoms with Gasteiger partial charge in [0.2, 0.25) is 5.91 Å². The van der Waals surface area contributed by atoms with Crippen molar-refractivity contribution in [3.63, 3.8) is 0 Å². The lowest BCUT2D eigenvalue weighted by Gasteiger charge is -2.42. The van der Waals surface area contributed by atoms with Crippen LogP contribution in [0.5, 0.6) is 23.0 Å². The van der Waals surface area contributed by atoms with Gasteiger partial charge < -0.3 is 24.7 Å². The van der Waals surface area contributed by atoms with Gasteiger partial charge in [0.05, 0.1) is 34.5 Å². The molecule has 2 aromatic rings. The number of ether oxygens (including phenoxy) is 4. The highest BCUT2D eigenvalue weighted by Crippen LogP contribution is 2.44. The molecule has 7 heteroatoms. The molecule has 1 heterocycles. The number of nitrogens with zero attached hydrogens (tertiary/aromatic N) is 1. The van der Waals surface area contributed by atoms with Crippen LogP contribution in [0.15, 0.2) is 30.3 Å². The summed E-state index contributed by atoms with van der Waals surface area (Å²) in [5.74, 6) is 2.70. The maximum Gasteiger partial charge on any atom is 0.234 e. The van der Waals surface area contributed by atoms with Crippen LogP contribution < -0.4 is 24.7 Å². The van der Waals surface area contributed by atoms with Crippen LogP contribution >= 0.6 is 0 Å². The Kier molecular flexibility index (Phi) is 8.44. The predicted octanol–water partition coefficient (Wildman–Crippen LogP) is 3.91. The summed E-state index contributed by atoms with van der Waals surface area (Å²) >= 11 is 0. The minimum atomic E-state index is -0.348. The molecule has 2 atom stereocenters. The number of carbonyl (C=O) groups excluding carboxylic acids is 1. The Morgan fingerprint density at radius 2 is 1.64 bits per heavy atom. The summed E-state index contributed by atoms with van der Waals surface area (Å²) in [6, 6.07) is 9.37. The quantitative estimate of drug-likeness (QED) is 0.552. The third-order valence-corrected chi connectivity index (χ3v) is 6.50. The van der Waals surface area contributed by atoms with Crippen molar-refractivity contribution in [2.45, 2.75) is 51.1 Å². The lowest BCUT2D eigenvalue weighted by Crippen LogP contribution is -2.50. The van der Waals surface area contributed by atoms with E-state index in [9.17, 15) is 4.79 Å². The zero-order valence-electron chi connectivity index (χ0n) is 20.3. The van der Waals surface area contributed by atoms with Gasteiger partial charge in [-0.2, -0.15) is 0 Å². The summed E-state index contributed by atoms with van der Waals surface area (Å²) in [4.78, 5) is 14.8. The minimum absolute atomic E-state index is 0.105. The lowest BCUT2D eigenvalue weighted by atomic mass is 9.85. The maximum atomic E-state index is 12.6. The van der Waals surface area contributed by atoms with Gasteiger partial charge in [0, 0.05) is 23.7 Å². The van der Waals surface area contributed by atoms with Gasteiger partial charge in [-0.1, -0.05) is 25.8 Å². The highest BCUT2D eigenvalue weighted by atomic mass is 16.5. The Balaban J connectivity index is 2.12. The van der Waals surface area contributed by atoms with E-state index in [1.165, 1.54) is 0 Å². The fourth-order valence-electron chi connectivity index (χ4n) is 4.87. The zero-order valence-corrected chi connectivity index (χ0v) is 20.3. The van der Waals surface area contributed by atoms with Gasteiger partial charge in [-0.15, -0.1) is 0 Å². The third-order valence-electron chi connectivity index (χ3n) is 6.50. The zero-order chi connectivity index (χ0) is 24.0. The van der Waals surface area contributed by atoms with Gasteiger partial charge in [-0.05, 0) is 49.1 Å². The Morgan fingerprint density at radius 3 is 2.24 bits per heavy atom. The summed E-state index contributed by atoms with van der Waals surface area (Å²) in [5.41, 5.74) is 9.17. The molecule has 3 rings (SSSR count). The number of unbranched alkanes of at least 4 members (excludes halogenated alkanes) is 1. The van der Waals surface area contributed by atoms with Crippen molar-refractivity contribution in [3.8, 4) is 23.0 Å². The fraction of sp³-hybridized carbons (Fsp3) is 0.500. The largest absolute Gasteiger partial charge is 0.496 e. The standard InChI is InChI=1S/C26H36N2O5/c1-6-7-8-19(26(27)29)28-14-13-18-21(30-2)11-12-23(32-4)25(18)20(28)15-17-9-10-22(31-3)24(16-17)33-5/h9-12,16,19-20H,6-8,13-15H2,1-5H3,(H2,27,29). The molecule has 0 radical (unpaired) electrons. The van der Waals surface area contributed by atoms with E-state index in [2.05, 4.69) is 11.8 Å². The molecular formula is C26H36N2O5. The van der Waals surface area contributed by atoms with Crippen molar-refractivity contribution >= 4 is 5.91 Å². The lowest BCUT2D eigenvalue weighted by molar-refractivity contribution is -0.124. The second-order valence-electron chi connectivity index (χ2n) is 8.32. The Bertz CT molecular complexity index is 962. The Morgan fingerprint density at radius 1 is 1.00 bits per heavy atom. The highest BCUT2D eigenvalue weighted by Gasteiger charge is 2.38. The first-order chi connectivity index (χ1) is 16.0. The predicted molar refractivity (Wildman–Crippen MR) is 128 cm³/mol. The number of methoxy groups -OCH3 is 4. The SMILES string of the molecule is CCCCC(C(N)=O)N1CCc2c(OC)ccc(OC)c2C1Cc1ccc(OC)c(OC)c1. The van der Waals surface area contributed by atoms with Gasteiger partial charge >= 0.3 is 0 Å². The van der Waals surface area contributed by atoms with E-state index >= 15 is 0 Å². The maximum absolute atomic E-state index is 12.6. The smallest absolute Gasteiger partial charge is 0.234 e. The van der Waals surface area contributed by atoms with Gasteiger partial charge in [0.15, 0.2) is 11.5 Å². The van der Waals surface area contributed by atoms with Gasteiger partial charge in [0.1, 0.15) is 11.5 Å². The molecule has 33 heavy (non-hydrogen) atoms. The molecule has 0 spiro atoms. The van der Waals surface area contributed by atoms with E-state index < -0.39 is 0 Å². The number of nitrogens with two attached hydrogens (primary N) is 1. The van der Waals surface area contributed by atoms with E-state index in [4.69, 9.17) is 24.7 Å². The van der Waals surface area contributed by atoms with Gasteiger partial charge in [-0.3, -0.25) is 9.69 Å². The van der Waals surface area contributed by atoms with Crippen LogP contribution in [0.4, 0.5) is 0 Å². The van der Waals surface area contributed by atoms with Crippen molar-refractivity contribution < 1.29 is 23.7 Å². The van der Waals surface area contributed by atoms with E-state index in [1.807, 2.05) is 30.3 Å². The second-order valence-corrected chi connectivity index (χ2v) is 8.32. The molecule has 2 N–H and O–H groups in total. The first-order valence-electron chi connectivity index (χ1n) is 11.5. The van der Waals surface area contributed by atoms with E-state index in [1.54, 1.807) is 28.4 Å². The topological polar surface area (TPSA) is 83.3 Å². The van der Waals surface area contributed by atoms with Crippen LogP contribution in [0.1, 0.15) is 48.9 Å². The van der Waals surface area contributed by atoms with Crippen LogP contribution in [0.2, 0.25) is 0 Å². The normalized spacial score (nSPS) is 16.6. The molecule has 2 aromatic carbocycles. The molecule has 0 fully saturated rings. The van der Waals surface area contributed by atoms with Crippen molar-refractivity contribution in [3.05, 3.63) is 47.0 Å². The third kappa shape index (κ3) is 5.19. The summed E-state index contributed by atoms with van der Waals surface area (Å²) < 4.78 is 22.4. The molecule has 0 saturated heterocycles. The van der Waals surface area contributed by atoms with Crippen molar-refractivity contribution in [2.75, 3.05) is 35.0 Å². The monoisotopic (exact) mass is 456 g/mol. The Hall–Kier alpha value is -2.93. The average molecular weight is 457 g/mol. The molecule has 0 bridgehead atoms. The fourth-order valence-corrected chi connectivity index (χ4v) is 4.87. The van der Waals surface area contributed by atoms with Gasteiger partial charge in [-0.25, -0.2) is 0 Å². The number of amides is 1. The van der Waals surface area contributed by atoms with Crippen LogP contribution in [0.25, 0.3) is 0 Å². The molecule has 0 aliphatic carbocycles. The molecule has 0 saturated carbocycles. The number of hydrogen-bond donors (Lipinski definition) is 1. The molecule has 0 aromatic heterocycles. The van der Waals surface area contributed by atoms with Crippen molar-refractivity contribution in [1.29, 1.82) is 0 Å². The molecule has 7 nitrogen and oxygen atoms in total. The van der Waals surface area contributed by atoms with Crippen LogP contribution in [0, 0.1) is 0 Å². The summed E-state index contributed by atoms with van der Waals surface area (Å²) in [5, 5.41) is 0. The number of rotatable bonds is 11.